The Morgan fingerprint density at radius 1 is 1.12 bits per heavy atom. The van der Waals surface area contributed by atoms with Gasteiger partial charge in [-0.05, 0) is 65.0 Å². The van der Waals surface area contributed by atoms with Gasteiger partial charge in [-0.1, -0.05) is 49.7 Å². The zero-order valence-corrected chi connectivity index (χ0v) is 16.9. The molecule has 2 aromatic carbocycles. The van der Waals surface area contributed by atoms with Crippen molar-refractivity contribution in [3.8, 4) is 0 Å². The van der Waals surface area contributed by atoms with E-state index in [9.17, 15) is 4.79 Å². The lowest BCUT2D eigenvalue weighted by Crippen LogP contribution is -2.26. The zero-order chi connectivity index (χ0) is 17.5. The van der Waals surface area contributed by atoms with Crippen LogP contribution >= 0.6 is 34.2 Å². The molecule has 0 spiro atoms. The molecule has 1 amide bonds. The molecule has 2 rings (SSSR count). The Labute approximate surface area is 162 Å². The quantitative estimate of drug-likeness (QED) is 0.612. The molecule has 128 valence electrons. The lowest BCUT2D eigenvalue weighted by Gasteiger charge is -2.20. The van der Waals surface area contributed by atoms with Gasteiger partial charge in [0.2, 0.25) is 0 Å². The largest absolute Gasteiger partial charge is 0.348 e. The molecule has 0 bridgehead atoms. The second-order valence-corrected chi connectivity index (χ2v) is 7.14. The molecular weight excluding hydrogens is 435 g/mol. The Morgan fingerprint density at radius 2 is 1.79 bits per heavy atom. The highest BCUT2D eigenvalue weighted by Crippen LogP contribution is 2.18. The average Bonchev–Trinajstić information content (AvgIpc) is 2.60. The average molecular weight is 457 g/mol. The Balaban J connectivity index is 2.09. The highest BCUT2D eigenvalue weighted by molar-refractivity contribution is 14.1. The molecule has 0 aliphatic heterocycles. The van der Waals surface area contributed by atoms with Crippen molar-refractivity contribution in [3.05, 3.63) is 67.7 Å². The van der Waals surface area contributed by atoms with Crippen LogP contribution in [0.5, 0.6) is 0 Å². The summed E-state index contributed by atoms with van der Waals surface area (Å²) < 4.78 is 0.894. The van der Waals surface area contributed by atoms with Crippen LogP contribution in [-0.4, -0.2) is 23.9 Å². The van der Waals surface area contributed by atoms with Crippen LogP contribution in [-0.2, 0) is 13.1 Å². The standard InChI is InChI=1S/C19H22ClIN2O/c1-3-23(4-2)13-15-8-6-5-7-14(15)12-22-19(24)17-11-16(20)9-10-18(17)21/h5-11H,3-4,12-13H2,1-2H3,(H,22,24). The summed E-state index contributed by atoms with van der Waals surface area (Å²) in [5.41, 5.74) is 3.02. The highest BCUT2D eigenvalue weighted by atomic mass is 127. The van der Waals surface area contributed by atoms with Crippen molar-refractivity contribution in [2.24, 2.45) is 0 Å². The summed E-state index contributed by atoms with van der Waals surface area (Å²) in [6, 6.07) is 13.6. The predicted molar refractivity (Wildman–Crippen MR) is 108 cm³/mol. The third-order valence-electron chi connectivity index (χ3n) is 4.02. The Hall–Kier alpha value is -1.11. The Morgan fingerprint density at radius 3 is 2.46 bits per heavy atom. The fourth-order valence-electron chi connectivity index (χ4n) is 2.51. The maximum atomic E-state index is 12.5. The molecule has 1 N–H and O–H groups in total. The van der Waals surface area contributed by atoms with Gasteiger partial charge in [-0.3, -0.25) is 9.69 Å². The van der Waals surface area contributed by atoms with Gasteiger partial charge in [-0.2, -0.15) is 0 Å². The summed E-state index contributed by atoms with van der Waals surface area (Å²) in [5, 5.41) is 3.58. The summed E-state index contributed by atoms with van der Waals surface area (Å²) in [4.78, 5) is 14.8. The monoisotopic (exact) mass is 456 g/mol. The maximum Gasteiger partial charge on any atom is 0.252 e. The molecule has 0 unspecified atom stereocenters. The zero-order valence-electron chi connectivity index (χ0n) is 14.0. The minimum atomic E-state index is -0.0976. The second kappa shape index (κ2) is 9.39. The molecule has 0 heterocycles. The van der Waals surface area contributed by atoms with Gasteiger partial charge in [0.15, 0.2) is 0 Å². The van der Waals surface area contributed by atoms with Gasteiger partial charge in [-0.25, -0.2) is 0 Å². The van der Waals surface area contributed by atoms with E-state index in [1.165, 1.54) is 5.56 Å². The summed E-state index contributed by atoms with van der Waals surface area (Å²) in [6.45, 7) is 7.76. The van der Waals surface area contributed by atoms with Gasteiger partial charge in [0.05, 0.1) is 5.56 Å². The summed E-state index contributed by atoms with van der Waals surface area (Å²) in [7, 11) is 0. The van der Waals surface area contributed by atoms with Gasteiger partial charge in [-0.15, -0.1) is 0 Å². The van der Waals surface area contributed by atoms with Gasteiger partial charge in [0, 0.05) is 21.7 Å². The number of hydrogen-bond acceptors (Lipinski definition) is 2. The molecule has 0 aliphatic carbocycles. The van der Waals surface area contributed by atoms with Crippen molar-refractivity contribution in [1.82, 2.24) is 10.2 Å². The van der Waals surface area contributed by atoms with Crippen molar-refractivity contribution in [1.29, 1.82) is 0 Å². The van der Waals surface area contributed by atoms with Crippen molar-refractivity contribution in [3.63, 3.8) is 0 Å². The number of hydrogen-bond donors (Lipinski definition) is 1. The van der Waals surface area contributed by atoms with Crippen LogP contribution in [0.4, 0.5) is 0 Å². The molecule has 24 heavy (non-hydrogen) atoms. The van der Waals surface area contributed by atoms with Crippen LogP contribution in [0, 0.1) is 3.57 Å². The van der Waals surface area contributed by atoms with Crippen LogP contribution in [0.2, 0.25) is 5.02 Å². The van der Waals surface area contributed by atoms with E-state index < -0.39 is 0 Å². The number of carbonyl (C=O) groups excluding carboxylic acids is 1. The number of nitrogens with zero attached hydrogens (tertiary/aromatic N) is 1. The van der Waals surface area contributed by atoms with Crippen LogP contribution in [0.3, 0.4) is 0 Å². The van der Waals surface area contributed by atoms with Gasteiger partial charge in [0.1, 0.15) is 0 Å². The van der Waals surface area contributed by atoms with E-state index in [2.05, 4.69) is 58.8 Å². The Kier molecular flexibility index (Phi) is 7.52. The number of nitrogens with one attached hydrogen (secondary N) is 1. The van der Waals surface area contributed by atoms with E-state index >= 15 is 0 Å². The van der Waals surface area contributed by atoms with E-state index in [0.29, 0.717) is 17.1 Å². The maximum absolute atomic E-state index is 12.5. The van der Waals surface area contributed by atoms with E-state index in [4.69, 9.17) is 11.6 Å². The van der Waals surface area contributed by atoms with Crippen molar-refractivity contribution in [2.75, 3.05) is 13.1 Å². The fraction of sp³-hybridized carbons (Fsp3) is 0.316. The predicted octanol–water partition coefficient (Wildman–Crippen LogP) is 4.72. The third-order valence-corrected chi connectivity index (χ3v) is 5.19. The lowest BCUT2D eigenvalue weighted by atomic mass is 10.1. The van der Waals surface area contributed by atoms with Crippen molar-refractivity contribution < 1.29 is 4.79 Å². The minimum Gasteiger partial charge on any atom is -0.348 e. The summed E-state index contributed by atoms with van der Waals surface area (Å²) >= 11 is 8.16. The van der Waals surface area contributed by atoms with E-state index in [-0.39, 0.29) is 5.91 Å². The van der Waals surface area contributed by atoms with Crippen LogP contribution in [0.25, 0.3) is 0 Å². The first-order valence-corrected chi connectivity index (χ1v) is 9.53. The number of amides is 1. The van der Waals surface area contributed by atoms with Gasteiger partial charge >= 0.3 is 0 Å². The molecule has 0 saturated heterocycles. The molecule has 5 heteroatoms. The van der Waals surface area contributed by atoms with Crippen LogP contribution in [0.15, 0.2) is 42.5 Å². The third kappa shape index (κ3) is 5.19. The SMILES string of the molecule is CCN(CC)Cc1ccccc1CNC(=O)c1cc(Cl)ccc1I. The number of rotatable bonds is 7. The number of benzene rings is 2. The number of halogens is 2. The van der Waals surface area contributed by atoms with E-state index in [0.717, 1.165) is 28.8 Å². The lowest BCUT2D eigenvalue weighted by molar-refractivity contribution is 0.0950. The molecule has 2 aromatic rings. The molecule has 0 aromatic heterocycles. The summed E-state index contributed by atoms with van der Waals surface area (Å²) in [5.74, 6) is -0.0976. The smallest absolute Gasteiger partial charge is 0.252 e. The molecule has 0 fully saturated rings. The fourth-order valence-corrected chi connectivity index (χ4v) is 3.27. The Bertz CT molecular complexity index is 702. The first kappa shape index (κ1) is 19.2. The van der Waals surface area contributed by atoms with Crippen molar-refractivity contribution >= 4 is 40.1 Å². The molecule has 0 radical (unpaired) electrons. The van der Waals surface area contributed by atoms with Gasteiger partial charge in [0.25, 0.3) is 5.91 Å². The normalized spacial score (nSPS) is 10.9. The molecule has 0 saturated carbocycles. The van der Waals surface area contributed by atoms with E-state index in [1.54, 1.807) is 12.1 Å². The van der Waals surface area contributed by atoms with Crippen molar-refractivity contribution in [2.45, 2.75) is 26.9 Å². The molecule has 0 aliphatic rings. The molecular formula is C19H22ClIN2O. The van der Waals surface area contributed by atoms with E-state index in [1.807, 2.05) is 18.2 Å². The van der Waals surface area contributed by atoms with Crippen LogP contribution < -0.4 is 5.32 Å². The first-order chi connectivity index (χ1) is 11.5. The topological polar surface area (TPSA) is 32.3 Å². The second-order valence-electron chi connectivity index (χ2n) is 5.54. The number of carbonyl (C=O) groups is 1. The molecule has 0 atom stereocenters. The highest BCUT2D eigenvalue weighted by Gasteiger charge is 2.12. The minimum absolute atomic E-state index is 0.0976. The van der Waals surface area contributed by atoms with Crippen LogP contribution in [0.1, 0.15) is 35.3 Å². The van der Waals surface area contributed by atoms with Gasteiger partial charge < -0.3 is 5.32 Å². The first-order valence-electron chi connectivity index (χ1n) is 8.07. The molecule has 3 nitrogen and oxygen atoms in total. The summed E-state index contributed by atoms with van der Waals surface area (Å²) in [6.07, 6.45) is 0.